The monoisotopic (exact) mass is 346 g/mol. The molecule has 25 heavy (non-hydrogen) atoms. The van der Waals surface area contributed by atoms with Crippen LogP contribution in [0, 0.1) is 0 Å². The first-order valence-corrected chi connectivity index (χ1v) is 8.48. The van der Waals surface area contributed by atoms with Crippen molar-refractivity contribution in [3.05, 3.63) is 40.2 Å². The highest BCUT2D eigenvalue weighted by Crippen LogP contribution is 2.20. The van der Waals surface area contributed by atoms with E-state index in [0.29, 0.717) is 43.0 Å². The minimum Gasteiger partial charge on any atom is -0.493 e. The van der Waals surface area contributed by atoms with Crippen LogP contribution in [0.3, 0.4) is 0 Å². The summed E-state index contributed by atoms with van der Waals surface area (Å²) in [6.45, 7) is 5.04. The number of amides is 1. The lowest BCUT2D eigenvalue weighted by atomic mass is 10.1. The van der Waals surface area contributed by atoms with Gasteiger partial charge in [0.25, 0.3) is 5.91 Å². The largest absolute Gasteiger partial charge is 0.493 e. The van der Waals surface area contributed by atoms with E-state index in [-0.39, 0.29) is 11.7 Å². The Morgan fingerprint density at radius 3 is 3.04 bits per heavy atom. The molecule has 1 fully saturated rings. The zero-order valence-electron chi connectivity index (χ0n) is 14.2. The molecule has 1 aromatic heterocycles. The molecule has 1 amide bonds. The van der Waals surface area contributed by atoms with Gasteiger partial charge in [0.1, 0.15) is 16.9 Å². The maximum atomic E-state index is 12.3. The molecule has 0 aliphatic carbocycles. The Morgan fingerprint density at radius 2 is 2.28 bits per heavy atom. The second kappa shape index (κ2) is 8.13. The summed E-state index contributed by atoms with van der Waals surface area (Å²) in [5.74, 6) is 0.174. The van der Waals surface area contributed by atoms with E-state index >= 15 is 0 Å². The Labute approximate surface area is 145 Å². The fraction of sp³-hybridized carbons (Fsp3) is 0.444. The summed E-state index contributed by atoms with van der Waals surface area (Å²) >= 11 is 0. The minimum absolute atomic E-state index is 0.0153. The average Bonchev–Trinajstić information content (AvgIpc) is 2.64. The summed E-state index contributed by atoms with van der Waals surface area (Å²) in [5.41, 5.74) is -0.284. The van der Waals surface area contributed by atoms with E-state index in [4.69, 9.17) is 13.9 Å². The number of morpholine rings is 1. The number of hydrogen-bond acceptors (Lipinski definition) is 6. The first-order chi connectivity index (χ1) is 12.2. The summed E-state index contributed by atoms with van der Waals surface area (Å²) in [7, 11) is 0. The Hall–Kier alpha value is -2.38. The van der Waals surface area contributed by atoms with Gasteiger partial charge in [-0.3, -0.25) is 4.79 Å². The Balaban J connectivity index is 1.73. The van der Waals surface area contributed by atoms with Gasteiger partial charge in [-0.05, 0) is 24.6 Å². The van der Waals surface area contributed by atoms with Crippen LogP contribution in [0.2, 0.25) is 0 Å². The Bertz CT molecular complexity index is 796. The highest BCUT2D eigenvalue weighted by atomic mass is 16.5. The summed E-state index contributed by atoms with van der Waals surface area (Å²) in [6, 6.07) is 6.77. The zero-order chi connectivity index (χ0) is 17.6. The van der Waals surface area contributed by atoms with Gasteiger partial charge in [-0.25, -0.2) is 4.79 Å². The van der Waals surface area contributed by atoms with Gasteiger partial charge in [-0.2, -0.15) is 0 Å². The van der Waals surface area contributed by atoms with Gasteiger partial charge in [0.2, 0.25) is 0 Å². The van der Waals surface area contributed by atoms with Gasteiger partial charge >= 0.3 is 5.63 Å². The normalized spacial score (nSPS) is 17.4. The summed E-state index contributed by atoms with van der Waals surface area (Å²) in [4.78, 5) is 24.4. The predicted octanol–water partition coefficient (Wildman–Crippen LogP) is 1.30. The predicted molar refractivity (Wildman–Crippen MR) is 93.2 cm³/mol. The topological polar surface area (TPSA) is 89.8 Å². The number of carbonyl (C=O) groups excluding carboxylic acids is 1. The second-order valence-corrected chi connectivity index (χ2v) is 5.90. The van der Waals surface area contributed by atoms with E-state index in [1.54, 1.807) is 24.3 Å². The van der Waals surface area contributed by atoms with E-state index in [9.17, 15) is 9.59 Å². The highest BCUT2D eigenvalue weighted by molar-refractivity contribution is 5.96. The van der Waals surface area contributed by atoms with Crippen molar-refractivity contribution < 1.29 is 18.7 Å². The van der Waals surface area contributed by atoms with Crippen LogP contribution in [-0.2, 0) is 4.74 Å². The summed E-state index contributed by atoms with van der Waals surface area (Å²) < 4.78 is 16.3. The quantitative estimate of drug-likeness (QED) is 0.767. The number of nitrogens with one attached hydrogen (secondary N) is 2. The molecule has 2 N–H and O–H groups in total. The van der Waals surface area contributed by atoms with Gasteiger partial charge in [-0.1, -0.05) is 6.92 Å². The van der Waals surface area contributed by atoms with Crippen molar-refractivity contribution in [1.82, 2.24) is 10.6 Å². The van der Waals surface area contributed by atoms with Crippen molar-refractivity contribution in [3.8, 4) is 5.75 Å². The summed E-state index contributed by atoms with van der Waals surface area (Å²) in [5, 5.41) is 6.58. The Morgan fingerprint density at radius 1 is 1.40 bits per heavy atom. The van der Waals surface area contributed by atoms with Crippen LogP contribution in [0.25, 0.3) is 11.0 Å². The van der Waals surface area contributed by atoms with Crippen molar-refractivity contribution in [2.75, 3.05) is 32.8 Å². The van der Waals surface area contributed by atoms with Crippen LogP contribution < -0.4 is 21.0 Å². The molecule has 134 valence electrons. The maximum Gasteiger partial charge on any atom is 0.349 e. The van der Waals surface area contributed by atoms with E-state index in [0.717, 1.165) is 13.0 Å². The third-order valence-corrected chi connectivity index (χ3v) is 3.92. The fourth-order valence-corrected chi connectivity index (χ4v) is 2.61. The molecule has 0 saturated carbocycles. The maximum absolute atomic E-state index is 12.3. The van der Waals surface area contributed by atoms with Crippen LogP contribution >= 0.6 is 0 Å². The van der Waals surface area contributed by atoms with Crippen molar-refractivity contribution in [2.24, 2.45) is 0 Å². The molecular formula is C18H22N2O5. The van der Waals surface area contributed by atoms with E-state index in [1.807, 2.05) is 6.92 Å². The van der Waals surface area contributed by atoms with Gasteiger partial charge in [0.15, 0.2) is 0 Å². The van der Waals surface area contributed by atoms with Crippen molar-refractivity contribution in [2.45, 2.75) is 19.4 Å². The molecule has 2 aromatic rings. The molecule has 0 radical (unpaired) electrons. The highest BCUT2D eigenvalue weighted by Gasteiger charge is 2.18. The third kappa shape index (κ3) is 4.37. The molecule has 1 unspecified atom stereocenters. The number of hydrogen-bond donors (Lipinski definition) is 2. The molecule has 7 heteroatoms. The second-order valence-electron chi connectivity index (χ2n) is 5.90. The van der Waals surface area contributed by atoms with Crippen LogP contribution in [0.4, 0.5) is 0 Å². The molecular weight excluding hydrogens is 324 g/mol. The molecule has 1 saturated heterocycles. The van der Waals surface area contributed by atoms with Gasteiger partial charge in [0.05, 0.1) is 19.3 Å². The third-order valence-electron chi connectivity index (χ3n) is 3.92. The van der Waals surface area contributed by atoms with Crippen molar-refractivity contribution in [1.29, 1.82) is 0 Å². The van der Waals surface area contributed by atoms with E-state index in [2.05, 4.69) is 10.6 Å². The first kappa shape index (κ1) is 17.4. The molecule has 1 aliphatic rings. The fourth-order valence-electron chi connectivity index (χ4n) is 2.61. The molecule has 1 aliphatic heterocycles. The number of rotatable bonds is 6. The number of benzene rings is 1. The van der Waals surface area contributed by atoms with Gasteiger partial charge in [-0.15, -0.1) is 0 Å². The number of ether oxygens (including phenoxy) is 2. The van der Waals surface area contributed by atoms with Crippen LogP contribution in [-0.4, -0.2) is 44.9 Å². The average molecular weight is 346 g/mol. The lowest BCUT2D eigenvalue weighted by Gasteiger charge is -2.23. The number of carbonyl (C=O) groups is 1. The van der Waals surface area contributed by atoms with Crippen LogP contribution in [0.1, 0.15) is 23.7 Å². The van der Waals surface area contributed by atoms with Gasteiger partial charge < -0.3 is 24.5 Å². The minimum atomic E-state index is -0.666. The SMILES string of the molecule is CCCOc1ccc2cc(C(=O)NCC3CNCCO3)c(=O)oc2c1. The number of fused-ring (bicyclic) bond motifs is 1. The molecule has 3 rings (SSSR count). The molecule has 0 spiro atoms. The Kier molecular flexibility index (Phi) is 5.67. The zero-order valence-corrected chi connectivity index (χ0v) is 14.2. The van der Waals surface area contributed by atoms with Crippen molar-refractivity contribution >= 4 is 16.9 Å². The van der Waals surface area contributed by atoms with Gasteiger partial charge in [0, 0.05) is 31.1 Å². The molecule has 7 nitrogen and oxygen atoms in total. The van der Waals surface area contributed by atoms with E-state index < -0.39 is 11.5 Å². The van der Waals surface area contributed by atoms with Crippen LogP contribution in [0.15, 0.2) is 33.5 Å². The molecule has 2 heterocycles. The smallest absolute Gasteiger partial charge is 0.349 e. The lowest BCUT2D eigenvalue weighted by Crippen LogP contribution is -2.45. The first-order valence-electron chi connectivity index (χ1n) is 8.48. The summed E-state index contributed by atoms with van der Waals surface area (Å²) in [6.07, 6.45) is 0.796. The van der Waals surface area contributed by atoms with Crippen LogP contribution in [0.5, 0.6) is 5.75 Å². The van der Waals surface area contributed by atoms with Crippen molar-refractivity contribution in [3.63, 3.8) is 0 Å². The van der Waals surface area contributed by atoms with E-state index in [1.165, 1.54) is 0 Å². The molecule has 1 atom stereocenters. The molecule has 0 bridgehead atoms. The standard InChI is InChI=1S/C18H22N2O5/c1-2-6-23-13-4-3-12-8-15(18(22)25-16(12)9-13)17(21)20-11-14-10-19-5-7-24-14/h3-4,8-9,14,19H,2,5-7,10-11H2,1H3,(H,20,21). The molecule has 1 aromatic carbocycles. The lowest BCUT2D eigenvalue weighted by molar-refractivity contribution is 0.0287.